The molecule has 3 atom stereocenters. The normalized spacial score (nSPS) is 34.2. The number of carbonyl (C=O) groups is 1. The van der Waals surface area contributed by atoms with Gasteiger partial charge in [-0.1, -0.05) is 0 Å². The fourth-order valence-corrected chi connectivity index (χ4v) is 2.85. The molecule has 2 fully saturated rings. The van der Waals surface area contributed by atoms with Crippen LogP contribution in [0.4, 0.5) is 0 Å². The van der Waals surface area contributed by atoms with Crippen LogP contribution in [-0.2, 0) is 14.3 Å². The molecule has 3 unspecified atom stereocenters. The number of carbonyl (C=O) groups excluding carboxylic acids is 1. The van der Waals surface area contributed by atoms with Gasteiger partial charge in [0.15, 0.2) is 0 Å². The van der Waals surface area contributed by atoms with Crippen LogP contribution in [0.1, 0.15) is 25.7 Å². The maximum absolute atomic E-state index is 11.0. The third-order valence-corrected chi connectivity index (χ3v) is 3.87. The zero-order valence-electron chi connectivity index (χ0n) is 9.91. The largest absolute Gasteiger partial charge is 0.468 e. The van der Waals surface area contributed by atoms with Crippen LogP contribution in [0.25, 0.3) is 0 Å². The van der Waals surface area contributed by atoms with E-state index < -0.39 is 0 Å². The first kappa shape index (κ1) is 11.9. The molecule has 16 heavy (non-hydrogen) atoms. The quantitative estimate of drug-likeness (QED) is 0.729. The zero-order chi connectivity index (χ0) is 11.4. The summed E-state index contributed by atoms with van der Waals surface area (Å²) < 4.78 is 10.1. The summed E-state index contributed by atoms with van der Waals surface area (Å²) in [6.45, 7) is 2.19. The van der Waals surface area contributed by atoms with Crippen LogP contribution in [0, 0.1) is 11.8 Å². The summed E-state index contributed by atoms with van der Waals surface area (Å²) in [4.78, 5) is 11.0. The van der Waals surface area contributed by atoms with Gasteiger partial charge in [-0.15, -0.1) is 0 Å². The van der Waals surface area contributed by atoms with Crippen LogP contribution in [0.5, 0.6) is 0 Å². The predicted molar refractivity (Wildman–Crippen MR) is 60.1 cm³/mol. The highest BCUT2D eigenvalue weighted by molar-refractivity contribution is 5.71. The van der Waals surface area contributed by atoms with Crippen molar-refractivity contribution in [2.45, 2.75) is 31.7 Å². The lowest BCUT2D eigenvalue weighted by Crippen LogP contribution is -2.42. The number of hydrogen-bond donors (Lipinski definition) is 1. The van der Waals surface area contributed by atoms with Crippen LogP contribution in [0.2, 0.25) is 0 Å². The Morgan fingerprint density at radius 2 is 2.25 bits per heavy atom. The van der Waals surface area contributed by atoms with Gasteiger partial charge in [-0.25, -0.2) is 0 Å². The lowest BCUT2D eigenvalue weighted by atomic mass is 9.75. The van der Waals surface area contributed by atoms with Crippen molar-refractivity contribution in [2.24, 2.45) is 11.8 Å². The highest BCUT2D eigenvalue weighted by Crippen LogP contribution is 2.35. The molecule has 1 heterocycles. The van der Waals surface area contributed by atoms with Gasteiger partial charge in [-0.05, 0) is 37.5 Å². The van der Waals surface area contributed by atoms with E-state index in [0.717, 1.165) is 31.5 Å². The maximum Gasteiger partial charge on any atom is 0.319 e. The molecule has 1 saturated heterocycles. The minimum atomic E-state index is -0.172. The van der Waals surface area contributed by atoms with Crippen molar-refractivity contribution < 1.29 is 14.3 Å². The van der Waals surface area contributed by atoms with Crippen LogP contribution < -0.4 is 5.32 Å². The number of esters is 1. The van der Waals surface area contributed by atoms with Crippen molar-refractivity contribution in [3.8, 4) is 0 Å². The molecule has 92 valence electrons. The molecule has 0 spiro atoms. The summed E-state index contributed by atoms with van der Waals surface area (Å²) in [7, 11) is 1.43. The topological polar surface area (TPSA) is 47.6 Å². The number of rotatable bonds is 3. The number of nitrogens with one attached hydrogen (secondary N) is 1. The highest BCUT2D eigenvalue weighted by Gasteiger charge is 2.32. The van der Waals surface area contributed by atoms with E-state index in [0.29, 0.717) is 12.6 Å². The van der Waals surface area contributed by atoms with Gasteiger partial charge in [0.2, 0.25) is 0 Å². The van der Waals surface area contributed by atoms with Crippen LogP contribution in [-0.4, -0.2) is 38.9 Å². The van der Waals surface area contributed by atoms with Gasteiger partial charge in [0.1, 0.15) is 0 Å². The van der Waals surface area contributed by atoms with E-state index in [1.165, 1.54) is 26.4 Å². The van der Waals surface area contributed by atoms with Crippen molar-refractivity contribution in [3.05, 3.63) is 0 Å². The van der Waals surface area contributed by atoms with Crippen molar-refractivity contribution in [2.75, 3.05) is 26.9 Å². The third kappa shape index (κ3) is 2.95. The smallest absolute Gasteiger partial charge is 0.319 e. The van der Waals surface area contributed by atoms with E-state index in [2.05, 4.69) is 10.1 Å². The zero-order valence-corrected chi connectivity index (χ0v) is 9.91. The number of fused-ring (bicyclic) bond motifs is 1. The molecule has 1 saturated carbocycles. The molecule has 2 aliphatic rings. The summed E-state index contributed by atoms with van der Waals surface area (Å²) in [5.41, 5.74) is 0. The van der Waals surface area contributed by atoms with E-state index in [9.17, 15) is 4.79 Å². The van der Waals surface area contributed by atoms with Gasteiger partial charge >= 0.3 is 5.97 Å². The molecule has 2 rings (SSSR count). The van der Waals surface area contributed by atoms with Crippen LogP contribution >= 0.6 is 0 Å². The number of methoxy groups -OCH3 is 1. The molecule has 1 aliphatic heterocycles. The highest BCUT2D eigenvalue weighted by atomic mass is 16.5. The summed E-state index contributed by atoms with van der Waals surface area (Å²) in [5, 5.41) is 3.29. The second-order valence-corrected chi connectivity index (χ2v) is 4.85. The lowest BCUT2D eigenvalue weighted by molar-refractivity contribution is -0.139. The Balaban J connectivity index is 1.74. The van der Waals surface area contributed by atoms with E-state index in [1.807, 2.05) is 0 Å². The van der Waals surface area contributed by atoms with E-state index >= 15 is 0 Å². The Hall–Kier alpha value is -0.610. The first-order valence-electron chi connectivity index (χ1n) is 6.17. The molecule has 0 aromatic heterocycles. The van der Waals surface area contributed by atoms with Gasteiger partial charge in [0.25, 0.3) is 0 Å². The second kappa shape index (κ2) is 5.64. The van der Waals surface area contributed by atoms with Crippen molar-refractivity contribution in [1.29, 1.82) is 0 Å². The molecular formula is C12H21NO3. The average Bonchev–Trinajstić information content (AvgIpc) is 2.35. The Morgan fingerprint density at radius 1 is 1.38 bits per heavy atom. The molecule has 4 heteroatoms. The van der Waals surface area contributed by atoms with Crippen LogP contribution in [0.3, 0.4) is 0 Å². The molecule has 4 nitrogen and oxygen atoms in total. The van der Waals surface area contributed by atoms with Gasteiger partial charge in [-0.3, -0.25) is 4.79 Å². The summed E-state index contributed by atoms with van der Waals surface area (Å²) >= 11 is 0. The van der Waals surface area contributed by atoms with Gasteiger partial charge in [-0.2, -0.15) is 0 Å². The first-order valence-corrected chi connectivity index (χ1v) is 6.17. The van der Waals surface area contributed by atoms with E-state index in [4.69, 9.17) is 4.74 Å². The van der Waals surface area contributed by atoms with Crippen molar-refractivity contribution in [1.82, 2.24) is 5.32 Å². The summed E-state index contributed by atoms with van der Waals surface area (Å²) in [5.74, 6) is 1.37. The van der Waals surface area contributed by atoms with Gasteiger partial charge < -0.3 is 14.8 Å². The molecule has 0 radical (unpaired) electrons. The fraction of sp³-hybridized carbons (Fsp3) is 0.917. The Morgan fingerprint density at radius 3 is 3.06 bits per heavy atom. The predicted octanol–water partition coefficient (Wildman–Crippen LogP) is 0.954. The first-order chi connectivity index (χ1) is 7.79. The third-order valence-electron chi connectivity index (χ3n) is 3.87. The standard InChI is InChI=1S/C12H21NO3/c1-15-12(14)7-13-11-3-2-10-8-16-5-4-9(10)6-11/h9-11,13H,2-8H2,1H3. The summed E-state index contributed by atoms with van der Waals surface area (Å²) in [6.07, 6.45) is 4.75. The molecule has 0 bridgehead atoms. The molecule has 0 aromatic rings. The molecule has 0 aromatic carbocycles. The second-order valence-electron chi connectivity index (χ2n) is 4.85. The molecule has 1 aliphatic carbocycles. The van der Waals surface area contributed by atoms with Gasteiger partial charge in [0, 0.05) is 19.3 Å². The van der Waals surface area contributed by atoms with Gasteiger partial charge in [0.05, 0.1) is 13.7 Å². The van der Waals surface area contributed by atoms with Crippen molar-refractivity contribution >= 4 is 5.97 Å². The summed E-state index contributed by atoms with van der Waals surface area (Å²) in [6, 6.07) is 0.485. The number of hydrogen-bond acceptors (Lipinski definition) is 4. The molecule has 0 amide bonds. The monoisotopic (exact) mass is 227 g/mol. The van der Waals surface area contributed by atoms with Crippen molar-refractivity contribution in [3.63, 3.8) is 0 Å². The fourth-order valence-electron chi connectivity index (χ4n) is 2.85. The SMILES string of the molecule is COC(=O)CNC1CCC2COCCC2C1. The van der Waals surface area contributed by atoms with E-state index in [-0.39, 0.29) is 5.97 Å². The maximum atomic E-state index is 11.0. The lowest BCUT2D eigenvalue weighted by Gasteiger charge is -2.39. The minimum absolute atomic E-state index is 0.172. The Bertz CT molecular complexity index is 244. The molecule has 1 N–H and O–H groups in total. The number of ether oxygens (including phenoxy) is 2. The molecular weight excluding hydrogens is 206 g/mol. The van der Waals surface area contributed by atoms with E-state index in [1.54, 1.807) is 0 Å². The Labute approximate surface area is 96.7 Å². The van der Waals surface area contributed by atoms with Crippen LogP contribution in [0.15, 0.2) is 0 Å². The Kier molecular flexibility index (Phi) is 4.18. The average molecular weight is 227 g/mol. The minimum Gasteiger partial charge on any atom is -0.468 e.